The van der Waals surface area contributed by atoms with Crippen LogP contribution >= 0.6 is 0 Å². The highest BCUT2D eigenvalue weighted by Crippen LogP contribution is 2.33. The van der Waals surface area contributed by atoms with Crippen LogP contribution in [0.2, 0.25) is 0 Å². The molecule has 2 aromatic carbocycles. The predicted octanol–water partition coefficient (Wildman–Crippen LogP) is 8.24. The quantitative estimate of drug-likeness (QED) is 0.231. The van der Waals surface area contributed by atoms with Gasteiger partial charge in [0.1, 0.15) is 5.82 Å². The number of benzene rings is 2. The molecule has 0 aliphatic heterocycles. The maximum absolute atomic E-state index is 5.16. The average Bonchev–Trinajstić information content (AvgIpc) is 3.36. The van der Waals surface area contributed by atoms with Crippen LogP contribution in [0, 0.1) is 6.92 Å². The molecular formula is C35H27N5. The van der Waals surface area contributed by atoms with Crippen molar-refractivity contribution in [3.63, 3.8) is 0 Å². The Bertz CT molecular complexity index is 1950. The standard InChI is InChI=1S/C35H27N5/c1-3-24-20-26(14-13-23(24)2)27-21-30(25-15-18-36-19-16-25)38-31(22-27)29-9-6-12-34(39-29)40-32-10-5-4-8-28(32)35-33(40)11-7-17-37-35/h4-22H,3H2,1-2H3. The Balaban J connectivity index is 1.43. The van der Waals surface area contributed by atoms with E-state index in [1.165, 1.54) is 16.7 Å². The van der Waals surface area contributed by atoms with Crippen LogP contribution in [0.5, 0.6) is 0 Å². The fraction of sp³-hybridized carbons (Fsp3) is 0.0857. The minimum Gasteiger partial charge on any atom is -0.292 e. The topological polar surface area (TPSA) is 56.5 Å². The van der Waals surface area contributed by atoms with Crippen LogP contribution in [0.25, 0.3) is 61.5 Å². The second kappa shape index (κ2) is 9.86. The minimum atomic E-state index is 0.812. The highest BCUT2D eigenvalue weighted by molar-refractivity contribution is 6.06. The normalized spacial score (nSPS) is 11.3. The van der Waals surface area contributed by atoms with E-state index in [0.717, 1.165) is 62.4 Å². The lowest BCUT2D eigenvalue weighted by Crippen LogP contribution is -2.00. The predicted molar refractivity (Wildman–Crippen MR) is 162 cm³/mol. The Hall–Kier alpha value is -5.16. The van der Waals surface area contributed by atoms with Gasteiger partial charge in [0.15, 0.2) is 0 Å². The molecule has 0 atom stereocenters. The van der Waals surface area contributed by atoms with Gasteiger partial charge in [0.05, 0.1) is 33.6 Å². The summed E-state index contributed by atoms with van der Waals surface area (Å²) in [5.74, 6) is 0.831. The number of aryl methyl sites for hydroxylation is 2. The summed E-state index contributed by atoms with van der Waals surface area (Å²) in [4.78, 5) is 19.1. The summed E-state index contributed by atoms with van der Waals surface area (Å²) in [5, 5.41) is 1.11. The van der Waals surface area contributed by atoms with E-state index in [-0.39, 0.29) is 0 Å². The third-order valence-electron chi connectivity index (χ3n) is 7.52. The average molecular weight is 518 g/mol. The molecule has 0 unspecified atom stereocenters. The summed E-state index contributed by atoms with van der Waals surface area (Å²) in [6.07, 6.45) is 6.44. The molecule has 7 rings (SSSR count). The van der Waals surface area contributed by atoms with E-state index < -0.39 is 0 Å². The second-order valence-corrected chi connectivity index (χ2v) is 9.96. The second-order valence-electron chi connectivity index (χ2n) is 9.96. The summed E-state index contributed by atoms with van der Waals surface area (Å²) < 4.78 is 2.18. The molecule has 0 amide bonds. The number of rotatable bonds is 5. The number of aromatic nitrogens is 5. The zero-order valence-corrected chi connectivity index (χ0v) is 22.4. The third kappa shape index (κ3) is 4.12. The number of hydrogen-bond donors (Lipinski definition) is 0. The molecule has 0 bridgehead atoms. The van der Waals surface area contributed by atoms with Crippen molar-refractivity contribution in [3.8, 4) is 39.6 Å². The van der Waals surface area contributed by atoms with Crippen LogP contribution in [0.15, 0.2) is 116 Å². The van der Waals surface area contributed by atoms with Crippen LogP contribution in [-0.4, -0.2) is 24.5 Å². The number of para-hydroxylation sites is 1. The van der Waals surface area contributed by atoms with Crippen LogP contribution in [-0.2, 0) is 6.42 Å². The molecule has 5 heterocycles. The van der Waals surface area contributed by atoms with Crippen LogP contribution in [0.4, 0.5) is 0 Å². The van der Waals surface area contributed by atoms with Crippen molar-refractivity contribution in [2.45, 2.75) is 20.3 Å². The summed E-state index contributed by atoms with van der Waals surface area (Å²) in [6.45, 7) is 4.37. The molecule has 0 aliphatic rings. The van der Waals surface area contributed by atoms with Crippen LogP contribution < -0.4 is 0 Å². The molecule has 0 saturated carbocycles. The molecule has 0 spiro atoms. The van der Waals surface area contributed by atoms with E-state index in [0.29, 0.717) is 0 Å². The molecule has 40 heavy (non-hydrogen) atoms. The fourth-order valence-corrected chi connectivity index (χ4v) is 5.45. The molecule has 0 fully saturated rings. The van der Waals surface area contributed by atoms with Crippen LogP contribution in [0.1, 0.15) is 18.1 Å². The number of pyridine rings is 4. The zero-order valence-electron chi connectivity index (χ0n) is 22.4. The Kier molecular flexibility index (Phi) is 5.90. The number of hydrogen-bond acceptors (Lipinski definition) is 4. The van der Waals surface area contributed by atoms with E-state index in [1.54, 1.807) is 12.4 Å². The molecule has 192 valence electrons. The van der Waals surface area contributed by atoms with Crippen molar-refractivity contribution >= 4 is 21.9 Å². The van der Waals surface area contributed by atoms with Gasteiger partial charge in [-0.15, -0.1) is 0 Å². The highest BCUT2D eigenvalue weighted by atomic mass is 15.1. The highest BCUT2D eigenvalue weighted by Gasteiger charge is 2.15. The Labute approximate surface area is 232 Å². The number of fused-ring (bicyclic) bond motifs is 3. The van der Waals surface area contributed by atoms with Gasteiger partial charge in [-0.1, -0.05) is 49.4 Å². The van der Waals surface area contributed by atoms with E-state index in [2.05, 4.69) is 95.1 Å². The van der Waals surface area contributed by atoms with Crippen molar-refractivity contribution in [3.05, 3.63) is 127 Å². The van der Waals surface area contributed by atoms with E-state index in [4.69, 9.17) is 9.97 Å². The maximum Gasteiger partial charge on any atom is 0.138 e. The molecule has 5 aromatic heterocycles. The monoisotopic (exact) mass is 517 g/mol. The lowest BCUT2D eigenvalue weighted by atomic mass is 9.97. The van der Waals surface area contributed by atoms with Gasteiger partial charge >= 0.3 is 0 Å². The fourth-order valence-electron chi connectivity index (χ4n) is 5.45. The van der Waals surface area contributed by atoms with Gasteiger partial charge in [-0.25, -0.2) is 9.97 Å². The molecular weight excluding hydrogens is 490 g/mol. The van der Waals surface area contributed by atoms with Gasteiger partial charge in [-0.05, 0) is 90.2 Å². The van der Waals surface area contributed by atoms with Crippen molar-refractivity contribution < 1.29 is 0 Å². The molecule has 5 nitrogen and oxygen atoms in total. The maximum atomic E-state index is 5.16. The summed E-state index contributed by atoms with van der Waals surface area (Å²) in [7, 11) is 0. The smallest absolute Gasteiger partial charge is 0.138 e. The molecule has 0 saturated heterocycles. The first-order valence-corrected chi connectivity index (χ1v) is 13.5. The van der Waals surface area contributed by atoms with Crippen LogP contribution in [0.3, 0.4) is 0 Å². The Morgan fingerprint density at radius 3 is 2.33 bits per heavy atom. The minimum absolute atomic E-state index is 0.812. The van der Waals surface area contributed by atoms with E-state index in [9.17, 15) is 0 Å². The van der Waals surface area contributed by atoms with Gasteiger partial charge in [0, 0.05) is 29.5 Å². The molecule has 7 aromatic rings. The first kappa shape index (κ1) is 23.9. The summed E-state index contributed by atoms with van der Waals surface area (Å²) >= 11 is 0. The summed E-state index contributed by atoms with van der Waals surface area (Å²) in [6, 6.07) is 33.5. The first-order valence-electron chi connectivity index (χ1n) is 13.5. The lowest BCUT2D eigenvalue weighted by Gasteiger charge is -2.13. The molecule has 0 N–H and O–H groups in total. The Morgan fingerprint density at radius 1 is 0.625 bits per heavy atom. The van der Waals surface area contributed by atoms with Gasteiger partial charge < -0.3 is 0 Å². The molecule has 0 aliphatic carbocycles. The van der Waals surface area contributed by atoms with E-state index in [1.807, 2.05) is 36.5 Å². The van der Waals surface area contributed by atoms with Gasteiger partial charge in [-0.3, -0.25) is 14.5 Å². The lowest BCUT2D eigenvalue weighted by molar-refractivity contribution is 1.08. The SMILES string of the molecule is CCc1cc(-c2cc(-c3ccncc3)nc(-c3cccc(-n4c5ccccc5c5ncccc54)n3)c2)ccc1C. The van der Waals surface area contributed by atoms with Gasteiger partial charge in [0.2, 0.25) is 0 Å². The Morgan fingerprint density at radius 2 is 1.45 bits per heavy atom. The molecule has 0 radical (unpaired) electrons. The van der Waals surface area contributed by atoms with Gasteiger partial charge in [0.25, 0.3) is 0 Å². The first-order chi connectivity index (χ1) is 19.7. The zero-order chi connectivity index (χ0) is 27.1. The number of nitrogens with zero attached hydrogens (tertiary/aromatic N) is 5. The van der Waals surface area contributed by atoms with Crippen molar-refractivity contribution in [2.24, 2.45) is 0 Å². The van der Waals surface area contributed by atoms with Gasteiger partial charge in [-0.2, -0.15) is 0 Å². The molecule has 5 heteroatoms. The summed E-state index contributed by atoms with van der Waals surface area (Å²) in [5.41, 5.74) is 11.6. The van der Waals surface area contributed by atoms with E-state index >= 15 is 0 Å². The third-order valence-corrected chi connectivity index (χ3v) is 7.52. The largest absolute Gasteiger partial charge is 0.292 e. The van der Waals surface area contributed by atoms with Crippen molar-refractivity contribution in [1.82, 2.24) is 24.5 Å². The van der Waals surface area contributed by atoms with Crippen molar-refractivity contribution in [1.29, 1.82) is 0 Å². The van der Waals surface area contributed by atoms with Crippen molar-refractivity contribution in [2.75, 3.05) is 0 Å².